The van der Waals surface area contributed by atoms with Gasteiger partial charge in [0.2, 0.25) is 0 Å². The lowest BCUT2D eigenvalue weighted by Crippen LogP contribution is -2.36. The Morgan fingerprint density at radius 2 is 1.80 bits per heavy atom. The van der Waals surface area contributed by atoms with Crippen LogP contribution < -0.4 is 0 Å². The SMILES string of the molecule is CN(C)CCN(Cc1ccccc1)C(=O)c1ccc[nH]1. The first-order chi connectivity index (χ1) is 9.66. The summed E-state index contributed by atoms with van der Waals surface area (Å²) in [5.41, 5.74) is 1.78. The van der Waals surface area contributed by atoms with Gasteiger partial charge in [0.1, 0.15) is 5.69 Å². The molecule has 1 heterocycles. The predicted octanol–water partition coefficient (Wildman–Crippen LogP) is 2.22. The van der Waals surface area contributed by atoms with Gasteiger partial charge in [-0.3, -0.25) is 4.79 Å². The van der Waals surface area contributed by atoms with Crippen LogP contribution in [-0.2, 0) is 6.54 Å². The Morgan fingerprint density at radius 3 is 2.40 bits per heavy atom. The molecule has 0 unspecified atom stereocenters. The van der Waals surface area contributed by atoms with Gasteiger partial charge in [0.05, 0.1) is 0 Å². The van der Waals surface area contributed by atoms with Crippen LogP contribution in [0.5, 0.6) is 0 Å². The number of hydrogen-bond donors (Lipinski definition) is 1. The van der Waals surface area contributed by atoms with Crippen LogP contribution in [-0.4, -0.2) is 47.9 Å². The molecule has 0 saturated heterocycles. The molecule has 20 heavy (non-hydrogen) atoms. The van der Waals surface area contributed by atoms with E-state index in [9.17, 15) is 4.79 Å². The summed E-state index contributed by atoms with van der Waals surface area (Å²) in [6.45, 7) is 2.19. The molecule has 0 aliphatic carbocycles. The van der Waals surface area contributed by atoms with Crippen molar-refractivity contribution in [2.75, 3.05) is 27.2 Å². The monoisotopic (exact) mass is 271 g/mol. The van der Waals surface area contributed by atoms with Crippen molar-refractivity contribution in [3.63, 3.8) is 0 Å². The minimum Gasteiger partial charge on any atom is -0.357 e. The fraction of sp³-hybridized carbons (Fsp3) is 0.312. The highest BCUT2D eigenvalue weighted by atomic mass is 16.2. The van der Waals surface area contributed by atoms with Crippen LogP contribution in [0.3, 0.4) is 0 Å². The summed E-state index contributed by atoms with van der Waals surface area (Å²) in [6, 6.07) is 13.7. The standard InChI is InChI=1S/C16H21N3O/c1-18(2)11-12-19(13-14-7-4-3-5-8-14)16(20)15-9-6-10-17-15/h3-10,17H,11-13H2,1-2H3. The Bertz CT molecular complexity index is 520. The fourth-order valence-electron chi connectivity index (χ4n) is 2.01. The average molecular weight is 271 g/mol. The maximum atomic E-state index is 12.5. The third kappa shape index (κ3) is 3.96. The first-order valence-corrected chi connectivity index (χ1v) is 6.78. The molecule has 106 valence electrons. The fourth-order valence-corrected chi connectivity index (χ4v) is 2.01. The number of hydrogen-bond acceptors (Lipinski definition) is 2. The minimum absolute atomic E-state index is 0.0423. The number of carbonyl (C=O) groups is 1. The lowest BCUT2D eigenvalue weighted by atomic mass is 10.2. The lowest BCUT2D eigenvalue weighted by molar-refractivity contribution is 0.0727. The van der Waals surface area contributed by atoms with Crippen molar-refractivity contribution in [2.45, 2.75) is 6.54 Å². The van der Waals surface area contributed by atoms with Crippen LogP contribution >= 0.6 is 0 Å². The van der Waals surface area contributed by atoms with E-state index >= 15 is 0 Å². The first kappa shape index (κ1) is 14.3. The Balaban J connectivity index is 2.10. The number of nitrogens with zero attached hydrogens (tertiary/aromatic N) is 2. The van der Waals surface area contributed by atoms with Crippen LogP contribution in [0.1, 0.15) is 16.1 Å². The molecule has 1 aromatic carbocycles. The highest BCUT2D eigenvalue weighted by Gasteiger charge is 2.16. The van der Waals surface area contributed by atoms with Crippen LogP contribution in [0.4, 0.5) is 0 Å². The van der Waals surface area contributed by atoms with Gasteiger partial charge in [-0.15, -0.1) is 0 Å². The number of carbonyl (C=O) groups excluding carboxylic acids is 1. The van der Waals surface area contributed by atoms with Crippen molar-refractivity contribution in [1.29, 1.82) is 0 Å². The zero-order valence-corrected chi connectivity index (χ0v) is 12.0. The van der Waals surface area contributed by atoms with E-state index in [2.05, 4.69) is 9.88 Å². The molecule has 0 aliphatic rings. The van der Waals surface area contributed by atoms with E-state index in [1.165, 1.54) is 0 Å². The van der Waals surface area contributed by atoms with Crippen molar-refractivity contribution in [3.8, 4) is 0 Å². The van der Waals surface area contributed by atoms with Crippen molar-refractivity contribution < 1.29 is 4.79 Å². The number of nitrogens with one attached hydrogen (secondary N) is 1. The highest BCUT2D eigenvalue weighted by molar-refractivity contribution is 5.92. The number of benzene rings is 1. The second-order valence-electron chi connectivity index (χ2n) is 5.10. The molecule has 0 radical (unpaired) electrons. The van der Waals surface area contributed by atoms with Crippen LogP contribution in [0.25, 0.3) is 0 Å². The molecule has 4 nitrogen and oxygen atoms in total. The van der Waals surface area contributed by atoms with Crippen LogP contribution in [0, 0.1) is 0 Å². The Labute approximate surface area is 120 Å². The van der Waals surface area contributed by atoms with E-state index in [-0.39, 0.29) is 5.91 Å². The maximum absolute atomic E-state index is 12.5. The Kier molecular flexibility index (Phi) is 4.96. The molecule has 2 aromatic rings. The molecular weight excluding hydrogens is 250 g/mol. The third-order valence-electron chi connectivity index (χ3n) is 3.15. The van der Waals surface area contributed by atoms with E-state index in [1.807, 2.05) is 61.5 Å². The number of likely N-dealkylation sites (N-methyl/N-ethyl adjacent to an activating group) is 1. The van der Waals surface area contributed by atoms with Crippen molar-refractivity contribution in [1.82, 2.24) is 14.8 Å². The molecule has 4 heteroatoms. The summed E-state index contributed by atoms with van der Waals surface area (Å²) in [6.07, 6.45) is 1.78. The summed E-state index contributed by atoms with van der Waals surface area (Å²) >= 11 is 0. The zero-order chi connectivity index (χ0) is 14.4. The molecule has 1 N–H and O–H groups in total. The van der Waals surface area contributed by atoms with Gasteiger partial charge in [-0.1, -0.05) is 30.3 Å². The molecule has 1 aromatic heterocycles. The smallest absolute Gasteiger partial charge is 0.270 e. The topological polar surface area (TPSA) is 39.3 Å². The van der Waals surface area contributed by atoms with Crippen LogP contribution in [0.2, 0.25) is 0 Å². The minimum atomic E-state index is 0.0423. The number of H-pyrrole nitrogens is 1. The number of aromatic nitrogens is 1. The quantitative estimate of drug-likeness (QED) is 0.875. The summed E-state index contributed by atoms with van der Waals surface area (Å²) in [4.78, 5) is 19.4. The summed E-state index contributed by atoms with van der Waals surface area (Å²) in [5.74, 6) is 0.0423. The van der Waals surface area contributed by atoms with Crippen molar-refractivity contribution in [2.24, 2.45) is 0 Å². The Hall–Kier alpha value is -2.07. The van der Waals surface area contributed by atoms with Crippen LogP contribution in [0.15, 0.2) is 48.7 Å². The predicted molar refractivity (Wildman–Crippen MR) is 80.5 cm³/mol. The van der Waals surface area contributed by atoms with E-state index in [0.717, 1.165) is 12.1 Å². The molecule has 0 saturated carbocycles. The zero-order valence-electron chi connectivity index (χ0n) is 12.0. The van der Waals surface area contributed by atoms with Gasteiger partial charge in [0, 0.05) is 25.8 Å². The molecule has 0 spiro atoms. The average Bonchev–Trinajstić information content (AvgIpc) is 2.97. The molecule has 0 fully saturated rings. The molecule has 0 atom stereocenters. The van der Waals surface area contributed by atoms with Gasteiger partial charge < -0.3 is 14.8 Å². The molecule has 0 bridgehead atoms. The van der Waals surface area contributed by atoms with Crippen molar-refractivity contribution >= 4 is 5.91 Å². The molecule has 0 aliphatic heterocycles. The second kappa shape index (κ2) is 6.91. The van der Waals surface area contributed by atoms with Gasteiger partial charge in [-0.05, 0) is 31.8 Å². The van der Waals surface area contributed by atoms with E-state index in [0.29, 0.717) is 18.8 Å². The molecular formula is C16H21N3O. The van der Waals surface area contributed by atoms with E-state index < -0.39 is 0 Å². The molecule has 2 rings (SSSR count). The summed E-state index contributed by atoms with van der Waals surface area (Å²) < 4.78 is 0. The van der Waals surface area contributed by atoms with E-state index in [4.69, 9.17) is 0 Å². The first-order valence-electron chi connectivity index (χ1n) is 6.78. The third-order valence-corrected chi connectivity index (χ3v) is 3.15. The largest absolute Gasteiger partial charge is 0.357 e. The summed E-state index contributed by atoms with van der Waals surface area (Å²) in [5, 5.41) is 0. The van der Waals surface area contributed by atoms with E-state index in [1.54, 1.807) is 6.20 Å². The highest BCUT2D eigenvalue weighted by Crippen LogP contribution is 2.09. The summed E-state index contributed by atoms with van der Waals surface area (Å²) in [7, 11) is 4.03. The normalized spacial score (nSPS) is 10.8. The number of aromatic amines is 1. The molecule has 1 amide bonds. The van der Waals surface area contributed by atoms with Gasteiger partial charge in [0.25, 0.3) is 5.91 Å². The van der Waals surface area contributed by atoms with Gasteiger partial charge in [-0.25, -0.2) is 0 Å². The van der Waals surface area contributed by atoms with Gasteiger partial charge in [-0.2, -0.15) is 0 Å². The Morgan fingerprint density at radius 1 is 1.05 bits per heavy atom. The lowest BCUT2D eigenvalue weighted by Gasteiger charge is -2.24. The van der Waals surface area contributed by atoms with Gasteiger partial charge >= 0.3 is 0 Å². The maximum Gasteiger partial charge on any atom is 0.270 e. The number of rotatable bonds is 6. The van der Waals surface area contributed by atoms with Crippen molar-refractivity contribution in [3.05, 3.63) is 59.9 Å². The van der Waals surface area contributed by atoms with Gasteiger partial charge in [0.15, 0.2) is 0 Å². The second-order valence-corrected chi connectivity index (χ2v) is 5.10. The number of amides is 1.